The molecule has 0 aliphatic carbocycles. The average molecular weight is 384 g/mol. The van der Waals surface area contributed by atoms with Crippen LogP contribution in [0.5, 0.6) is 5.75 Å². The van der Waals surface area contributed by atoms with Crippen LogP contribution in [0.2, 0.25) is 0 Å². The van der Waals surface area contributed by atoms with Crippen LogP contribution in [-0.2, 0) is 13.0 Å². The van der Waals surface area contributed by atoms with Crippen molar-refractivity contribution in [2.24, 2.45) is 0 Å². The Balaban J connectivity index is 1.33. The molecule has 0 unspecified atom stereocenters. The van der Waals surface area contributed by atoms with E-state index in [9.17, 15) is 8.78 Å². The van der Waals surface area contributed by atoms with Gasteiger partial charge in [-0.1, -0.05) is 6.07 Å². The lowest BCUT2D eigenvalue weighted by molar-refractivity contribution is 0.241. The molecule has 0 saturated carbocycles. The van der Waals surface area contributed by atoms with E-state index in [1.165, 1.54) is 6.07 Å². The minimum Gasteiger partial charge on any atom is -0.493 e. The number of H-pyrrole nitrogens is 1. The van der Waals surface area contributed by atoms with Crippen molar-refractivity contribution in [1.29, 1.82) is 0 Å². The lowest BCUT2D eigenvalue weighted by Gasteiger charge is -2.22. The second kappa shape index (κ2) is 8.48. The van der Waals surface area contributed by atoms with Gasteiger partial charge in [0, 0.05) is 30.9 Å². The smallest absolute Gasteiger partial charge is 0.162 e. The van der Waals surface area contributed by atoms with E-state index < -0.39 is 11.6 Å². The molecule has 7 heteroatoms. The number of rotatable bonds is 7. The highest BCUT2D eigenvalue weighted by atomic mass is 19.2. The van der Waals surface area contributed by atoms with E-state index in [0.29, 0.717) is 18.8 Å². The van der Waals surface area contributed by atoms with Crippen molar-refractivity contribution >= 4 is 0 Å². The summed E-state index contributed by atoms with van der Waals surface area (Å²) in [5.74, 6) is -1.47. The van der Waals surface area contributed by atoms with Crippen LogP contribution in [0.3, 0.4) is 0 Å². The van der Waals surface area contributed by atoms with Crippen molar-refractivity contribution in [2.75, 3.05) is 13.2 Å². The quantitative estimate of drug-likeness (QED) is 0.668. The van der Waals surface area contributed by atoms with Crippen LogP contribution in [0.15, 0.2) is 48.7 Å². The molecule has 1 atom stereocenters. The van der Waals surface area contributed by atoms with E-state index in [0.717, 1.165) is 55.1 Å². The fraction of sp³-hybridized carbons (Fsp3) is 0.333. The number of pyridine rings is 1. The molecule has 0 bridgehead atoms. The zero-order valence-corrected chi connectivity index (χ0v) is 15.4. The monoisotopic (exact) mass is 384 g/mol. The first-order chi connectivity index (χ1) is 13.7. The van der Waals surface area contributed by atoms with Crippen LogP contribution in [0.1, 0.15) is 36.0 Å². The van der Waals surface area contributed by atoms with Gasteiger partial charge in [0.1, 0.15) is 5.75 Å². The second-order valence-corrected chi connectivity index (χ2v) is 6.94. The number of nitrogens with zero attached hydrogens (tertiary/aromatic N) is 3. The number of halogens is 2. The molecule has 1 aliphatic heterocycles. The number of ether oxygens (including phenoxy) is 1. The van der Waals surface area contributed by atoms with Gasteiger partial charge in [0.25, 0.3) is 0 Å². The molecule has 0 spiro atoms. The largest absolute Gasteiger partial charge is 0.493 e. The first-order valence-electron chi connectivity index (χ1n) is 9.45. The molecule has 1 fully saturated rings. The first kappa shape index (κ1) is 18.6. The molecule has 1 aliphatic rings. The highest BCUT2D eigenvalue weighted by Crippen LogP contribution is 2.32. The van der Waals surface area contributed by atoms with Gasteiger partial charge in [0.2, 0.25) is 0 Å². The number of aromatic nitrogens is 3. The Hall–Kier alpha value is -2.80. The van der Waals surface area contributed by atoms with Crippen molar-refractivity contribution in [3.8, 4) is 5.75 Å². The lowest BCUT2D eigenvalue weighted by Crippen LogP contribution is -2.23. The van der Waals surface area contributed by atoms with Gasteiger partial charge in [-0.15, -0.1) is 0 Å². The Morgan fingerprint density at radius 3 is 2.89 bits per heavy atom. The minimum atomic E-state index is -0.907. The average Bonchev–Trinajstić information content (AvgIpc) is 3.35. The molecule has 3 heterocycles. The number of hydrogen-bond donors (Lipinski definition) is 1. The van der Waals surface area contributed by atoms with Crippen molar-refractivity contribution in [3.05, 3.63) is 77.4 Å². The van der Waals surface area contributed by atoms with Gasteiger partial charge < -0.3 is 4.74 Å². The van der Waals surface area contributed by atoms with Gasteiger partial charge in [0.15, 0.2) is 11.6 Å². The third kappa shape index (κ3) is 4.36. The highest BCUT2D eigenvalue weighted by Gasteiger charge is 2.28. The number of nitrogens with one attached hydrogen (secondary N) is 1. The van der Waals surface area contributed by atoms with Crippen LogP contribution in [0, 0.1) is 11.6 Å². The van der Waals surface area contributed by atoms with Gasteiger partial charge in [-0.05, 0) is 49.7 Å². The molecule has 0 amide bonds. The number of benzene rings is 1. The Kier molecular flexibility index (Phi) is 5.62. The van der Waals surface area contributed by atoms with E-state index in [-0.39, 0.29) is 6.04 Å². The zero-order chi connectivity index (χ0) is 19.3. The Labute approximate surface area is 162 Å². The van der Waals surface area contributed by atoms with E-state index in [4.69, 9.17) is 4.74 Å². The van der Waals surface area contributed by atoms with Crippen molar-refractivity contribution in [1.82, 2.24) is 20.1 Å². The van der Waals surface area contributed by atoms with Crippen molar-refractivity contribution in [2.45, 2.75) is 31.8 Å². The summed E-state index contributed by atoms with van der Waals surface area (Å²) in [6.45, 7) is 2.20. The van der Waals surface area contributed by atoms with E-state index in [1.807, 2.05) is 24.4 Å². The standard InChI is InChI=1S/C21H22F2N4O/c22-18-7-6-17(13-19(18)23)28-11-8-15-12-20(26-25-15)21-5-3-10-27(21)14-16-4-1-2-9-24-16/h1-2,4,6-7,9,12-13,21H,3,5,8,10-11,14H2,(H,25,26)/t21-/m0/s1. The third-order valence-corrected chi connectivity index (χ3v) is 4.98. The summed E-state index contributed by atoms with van der Waals surface area (Å²) >= 11 is 0. The van der Waals surface area contributed by atoms with Crippen molar-refractivity contribution in [3.63, 3.8) is 0 Å². The van der Waals surface area contributed by atoms with Gasteiger partial charge in [-0.3, -0.25) is 15.0 Å². The predicted molar refractivity (Wildman–Crippen MR) is 101 cm³/mol. The summed E-state index contributed by atoms with van der Waals surface area (Å²) in [4.78, 5) is 6.82. The lowest BCUT2D eigenvalue weighted by atomic mass is 10.1. The first-order valence-corrected chi connectivity index (χ1v) is 9.45. The minimum absolute atomic E-state index is 0.277. The molecule has 1 N–H and O–H groups in total. The van der Waals surface area contributed by atoms with E-state index in [1.54, 1.807) is 0 Å². The predicted octanol–water partition coefficient (Wildman–Crippen LogP) is 4.04. The summed E-state index contributed by atoms with van der Waals surface area (Å²) in [6.07, 6.45) is 4.64. The van der Waals surface area contributed by atoms with Crippen LogP contribution in [-0.4, -0.2) is 33.2 Å². The highest BCUT2D eigenvalue weighted by molar-refractivity contribution is 5.23. The maximum atomic E-state index is 13.2. The second-order valence-electron chi connectivity index (χ2n) is 6.94. The van der Waals surface area contributed by atoms with Crippen molar-refractivity contribution < 1.29 is 13.5 Å². The van der Waals surface area contributed by atoms with Crippen LogP contribution >= 0.6 is 0 Å². The fourth-order valence-electron chi connectivity index (χ4n) is 3.57. The topological polar surface area (TPSA) is 54.0 Å². The van der Waals surface area contributed by atoms with Crippen LogP contribution < -0.4 is 4.74 Å². The molecular weight excluding hydrogens is 362 g/mol. The molecule has 146 valence electrons. The van der Waals surface area contributed by atoms with Crippen LogP contribution in [0.4, 0.5) is 8.78 Å². The van der Waals surface area contributed by atoms with Gasteiger partial charge in [-0.2, -0.15) is 5.10 Å². The van der Waals surface area contributed by atoms with Gasteiger partial charge in [0.05, 0.1) is 24.0 Å². The third-order valence-electron chi connectivity index (χ3n) is 4.98. The van der Waals surface area contributed by atoms with E-state index in [2.05, 4.69) is 26.1 Å². The summed E-state index contributed by atoms with van der Waals surface area (Å²) in [7, 11) is 0. The SMILES string of the molecule is Fc1ccc(OCCc2cc([C@@H]3CCCN3Cc3ccccn3)n[nH]2)cc1F. The molecule has 28 heavy (non-hydrogen) atoms. The zero-order valence-electron chi connectivity index (χ0n) is 15.4. The number of aromatic amines is 1. The molecule has 1 saturated heterocycles. The molecular formula is C21H22F2N4O. The normalized spacial score (nSPS) is 17.1. The maximum Gasteiger partial charge on any atom is 0.162 e. The summed E-state index contributed by atoms with van der Waals surface area (Å²) in [6, 6.07) is 11.9. The maximum absolute atomic E-state index is 13.2. The molecule has 3 aromatic rings. The number of hydrogen-bond acceptors (Lipinski definition) is 4. The summed E-state index contributed by atoms with van der Waals surface area (Å²) in [5.41, 5.74) is 3.05. The molecule has 5 nitrogen and oxygen atoms in total. The van der Waals surface area contributed by atoms with Gasteiger partial charge >= 0.3 is 0 Å². The number of likely N-dealkylation sites (tertiary alicyclic amines) is 1. The van der Waals surface area contributed by atoms with E-state index >= 15 is 0 Å². The fourth-order valence-corrected chi connectivity index (χ4v) is 3.57. The molecule has 1 aromatic carbocycles. The Morgan fingerprint density at radius 2 is 2.07 bits per heavy atom. The Morgan fingerprint density at radius 1 is 1.14 bits per heavy atom. The summed E-state index contributed by atoms with van der Waals surface area (Å²) in [5, 5.41) is 7.56. The summed E-state index contributed by atoms with van der Waals surface area (Å²) < 4.78 is 31.7. The van der Waals surface area contributed by atoms with Gasteiger partial charge in [-0.25, -0.2) is 8.78 Å². The molecule has 0 radical (unpaired) electrons. The van der Waals surface area contributed by atoms with Crippen LogP contribution in [0.25, 0.3) is 0 Å². The molecule has 4 rings (SSSR count). The molecule has 2 aromatic heterocycles. The Bertz CT molecular complexity index is 916.